The summed E-state index contributed by atoms with van der Waals surface area (Å²) in [5.74, 6) is -0.987. The van der Waals surface area contributed by atoms with E-state index in [0.29, 0.717) is 19.5 Å². The summed E-state index contributed by atoms with van der Waals surface area (Å²) in [5, 5.41) is 2.93. The van der Waals surface area contributed by atoms with Gasteiger partial charge in [-0.05, 0) is 31.9 Å². The second-order valence-corrected chi connectivity index (χ2v) is 6.94. The number of esters is 1. The Balaban J connectivity index is 1.80. The standard InChI is InChI=1S/C18H22Cl2N2O4/c1-12(21-17(24)13-6-5-7-14(19)16(13)20)18(25)26-11-10-22-9-4-2-3-8-15(22)23/h5-7,12H,2-4,8-11H2,1H3,(H,21,24)/t12-/m1/s1. The van der Waals surface area contributed by atoms with Gasteiger partial charge in [-0.1, -0.05) is 35.7 Å². The number of carbonyl (C=O) groups excluding carboxylic acids is 3. The van der Waals surface area contributed by atoms with Crippen LogP contribution in [0.3, 0.4) is 0 Å². The van der Waals surface area contributed by atoms with Crippen LogP contribution in [0.5, 0.6) is 0 Å². The van der Waals surface area contributed by atoms with E-state index in [-0.39, 0.29) is 28.1 Å². The Kier molecular flexibility index (Phi) is 7.72. The van der Waals surface area contributed by atoms with E-state index in [0.717, 1.165) is 19.3 Å². The summed E-state index contributed by atoms with van der Waals surface area (Å²) in [5.41, 5.74) is 0.189. The monoisotopic (exact) mass is 400 g/mol. The lowest BCUT2D eigenvalue weighted by Gasteiger charge is -2.21. The Bertz CT molecular complexity index is 681. The molecule has 0 aliphatic carbocycles. The zero-order valence-electron chi connectivity index (χ0n) is 14.6. The summed E-state index contributed by atoms with van der Waals surface area (Å²) in [6.07, 6.45) is 3.45. The SMILES string of the molecule is C[C@@H](NC(=O)c1cccc(Cl)c1Cl)C(=O)OCCN1CCCCCC1=O. The minimum Gasteiger partial charge on any atom is -0.462 e. The fourth-order valence-corrected chi connectivity index (χ4v) is 3.06. The van der Waals surface area contributed by atoms with Gasteiger partial charge in [-0.2, -0.15) is 0 Å². The van der Waals surface area contributed by atoms with Crippen LogP contribution < -0.4 is 5.32 Å². The molecule has 142 valence electrons. The molecule has 0 unspecified atom stereocenters. The number of likely N-dealkylation sites (tertiary alicyclic amines) is 1. The van der Waals surface area contributed by atoms with Crippen molar-refractivity contribution in [1.29, 1.82) is 0 Å². The second-order valence-electron chi connectivity index (χ2n) is 6.16. The lowest BCUT2D eigenvalue weighted by Crippen LogP contribution is -2.41. The zero-order chi connectivity index (χ0) is 19.1. The first kappa shape index (κ1) is 20.5. The van der Waals surface area contributed by atoms with E-state index in [1.165, 1.54) is 13.0 Å². The quantitative estimate of drug-likeness (QED) is 0.744. The molecular weight excluding hydrogens is 379 g/mol. The fourth-order valence-electron chi connectivity index (χ4n) is 2.67. The summed E-state index contributed by atoms with van der Waals surface area (Å²) in [6, 6.07) is 3.84. The molecule has 6 nitrogen and oxygen atoms in total. The van der Waals surface area contributed by atoms with Crippen LogP contribution in [-0.4, -0.2) is 48.4 Å². The van der Waals surface area contributed by atoms with Crippen LogP contribution in [0.1, 0.15) is 43.0 Å². The first-order chi connectivity index (χ1) is 12.4. The van der Waals surface area contributed by atoms with E-state index in [4.69, 9.17) is 27.9 Å². The molecule has 2 rings (SSSR count). The van der Waals surface area contributed by atoms with E-state index in [2.05, 4.69) is 5.32 Å². The highest BCUT2D eigenvalue weighted by Crippen LogP contribution is 2.25. The largest absolute Gasteiger partial charge is 0.462 e. The third-order valence-electron chi connectivity index (χ3n) is 4.17. The Labute approximate surface area is 162 Å². The molecule has 1 aliphatic heterocycles. The van der Waals surface area contributed by atoms with Gasteiger partial charge in [0.05, 0.1) is 22.2 Å². The molecule has 1 fully saturated rings. The Morgan fingerprint density at radius 3 is 2.81 bits per heavy atom. The molecule has 0 aromatic heterocycles. The lowest BCUT2D eigenvalue weighted by atomic mass is 10.2. The molecule has 26 heavy (non-hydrogen) atoms. The number of hydrogen-bond acceptors (Lipinski definition) is 4. The number of benzene rings is 1. The van der Waals surface area contributed by atoms with Gasteiger partial charge in [-0.15, -0.1) is 0 Å². The summed E-state index contributed by atoms with van der Waals surface area (Å²) in [6.45, 7) is 2.68. The van der Waals surface area contributed by atoms with Gasteiger partial charge in [0.1, 0.15) is 12.6 Å². The maximum absolute atomic E-state index is 12.2. The van der Waals surface area contributed by atoms with Crippen molar-refractivity contribution in [1.82, 2.24) is 10.2 Å². The number of hydrogen-bond donors (Lipinski definition) is 1. The zero-order valence-corrected chi connectivity index (χ0v) is 16.1. The fraction of sp³-hybridized carbons (Fsp3) is 0.500. The van der Waals surface area contributed by atoms with Crippen LogP contribution in [0, 0.1) is 0 Å². The third kappa shape index (κ3) is 5.61. The summed E-state index contributed by atoms with van der Waals surface area (Å²) >= 11 is 11.9. The Morgan fingerprint density at radius 1 is 1.27 bits per heavy atom. The van der Waals surface area contributed by atoms with Crippen molar-refractivity contribution >= 4 is 41.0 Å². The van der Waals surface area contributed by atoms with Gasteiger partial charge < -0.3 is 15.0 Å². The van der Waals surface area contributed by atoms with E-state index in [9.17, 15) is 14.4 Å². The molecule has 1 atom stereocenters. The number of nitrogens with zero attached hydrogens (tertiary/aromatic N) is 1. The van der Waals surface area contributed by atoms with Gasteiger partial charge in [0.2, 0.25) is 5.91 Å². The molecular formula is C18H22Cl2N2O4. The highest BCUT2D eigenvalue weighted by molar-refractivity contribution is 6.43. The van der Waals surface area contributed by atoms with Crippen LogP contribution in [0.15, 0.2) is 18.2 Å². The molecule has 1 saturated heterocycles. The molecule has 2 amide bonds. The minimum absolute atomic E-state index is 0.0931. The average Bonchev–Trinajstić information content (AvgIpc) is 2.81. The minimum atomic E-state index is -0.850. The molecule has 0 spiro atoms. The normalized spacial score (nSPS) is 16.0. The van der Waals surface area contributed by atoms with Crippen LogP contribution in [0.2, 0.25) is 10.0 Å². The van der Waals surface area contributed by atoms with Gasteiger partial charge in [-0.25, -0.2) is 4.79 Å². The number of carbonyl (C=O) groups is 3. The van der Waals surface area contributed by atoms with E-state index >= 15 is 0 Å². The smallest absolute Gasteiger partial charge is 0.328 e. The van der Waals surface area contributed by atoms with Crippen LogP contribution in [0.4, 0.5) is 0 Å². The van der Waals surface area contributed by atoms with E-state index in [1.54, 1.807) is 17.0 Å². The van der Waals surface area contributed by atoms with Crippen molar-refractivity contribution in [3.8, 4) is 0 Å². The number of halogens is 2. The molecule has 1 N–H and O–H groups in total. The van der Waals surface area contributed by atoms with Gasteiger partial charge in [0.25, 0.3) is 5.91 Å². The van der Waals surface area contributed by atoms with Crippen molar-refractivity contribution in [3.63, 3.8) is 0 Å². The van der Waals surface area contributed by atoms with Crippen molar-refractivity contribution in [2.45, 2.75) is 38.6 Å². The molecule has 1 aromatic rings. The number of nitrogens with one attached hydrogen (secondary N) is 1. The van der Waals surface area contributed by atoms with Crippen molar-refractivity contribution in [2.75, 3.05) is 19.7 Å². The Hall–Kier alpha value is -1.79. The Morgan fingerprint density at radius 2 is 2.04 bits per heavy atom. The summed E-state index contributed by atoms with van der Waals surface area (Å²) in [4.78, 5) is 37.9. The van der Waals surface area contributed by atoms with Crippen LogP contribution in [0.25, 0.3) is 0 Å². The predicted octanol–water partition coefficient (Wildman–Crippen LogP) is 3.06. The second kappa shape index (κ2) is 9.78. The molecule has 0 saturated carbocycles. The first-order valence-corrected chi connectivity index (χ1v) is 9.35. The maximum Gasteiger partial charge on any atom is 0.328 e. The summed E-state index contributed by atoms with van der Waals surface area (Å²) < 4.78 is 5.18. The molecule has 1 heterocycles. The van der Waals surface area contributed by atoms with Crippen molar-refractivity contribution in [2.24, 2.45) is 0 Å². The molecule has 1 aromatic carbocycles. The van der Waals surface area contributed by atoms with Crippen LogP contribution in [-0.2, 0) is 14.3 Å². The first-order valence-electron chi connectivity index (χ1n) is 8.59. The average molecular weight is 401 g/mol. The van der Waals surface area contributed by atoms with E-state index in [1.807, 2.05) is 0 Å². The maximum atomic E-state index is 12.2. The molecule has 1 aliphatic rings. The lowest BCUT2D eigenvalue weighted by molar-refractivity contribution is -0.147. The number of rotatable bonds is 6. The highest BCUT2D eigenvalue weighted by atomic mass is 35.5. The van der Waals surface area contributed by atoms with Crippen molar-refractivity contribution < 1.29 is 19.1 Å². The number of ether oxygens (including phenoxy) is 1. The van der Waals surface area contributed by atoms with Gasteiger partial charge >= 0.3 is 5.97 Å². The topological polar surface area (TPSA) is 75.7 Å². The van der Waals surface area contributed by atoms with Crippen LogP contribution >= 0.6 is 23.2 Å². The molecule has 0 bridgehead atoms. The predicted molar refractivity (Wildman–Crippen MR) is 99.4 cm³/mol. The highest BCUT2D eigenvalue weighted by Gasteiger charge is 2.21. The summed E-state index contributed by atoms with van der Waals surface area (Å²) in [7, 11) is 0. The number of amides is 2. The molecule has 0 radical (unpaired) electrons. The van der Waals surface area contributed by atoms with Crippen molar-refractivity contribution in [3.05, 3.63) is 33.8 Å². The van der Waals surface area contributed by atoms with E-state index < -0.39 is 17.9 Å². The van der Waals surface area contributed by atoms with Gasteiger partial charge in [-0.3, -0.25) is 9.59 Å². The van der Waals surface area contributed by atoms with Gasteiger partial charge in [0, 0.05) is 13.0 Å². The van der Waals surface area contributed by atoms with Gasteiger partial charge in [0.15, 0.2) is 0 Å². The third-order valence-corrected chi connectivity index (χ3v) is 4.99. The molecule has 8 heteroatoms.